The van der Waals surface area contributed by atoms with Crippen molar-refractivity contribution < 1.29 is 13.5 Å². The molecule has 0 saturated heterocycles. The van der Waals surface area contributed by atoms with E-state index in [1.165, 1.54) is 12.1 Å². The zero-order valence-corrected chi connectivity index (χ0v) is 10.6. The summed E-state index contributed by atoms with van der Waals surface area (Å²) in [5.74, 6) is 0.00597. The van der Waals surface area contributed by atoms with Gasteiger partial charge in [-0.3, -0.25) is 0 Å². The third-order valence-corrected chi connectivity index (χ3v) is 3.25. The highest BCUT2D eigenvalue weighted by atomic mass is 32.2. The van der Waals surface area contributed by atoms with Crippen LogP contribution in [-0.4, -0.2) is 19.6 Å². The summed E-state index contributed by atoms with van der Waals surface area (Å²) in [6.07, 6.45) is 0. The Balaban J connectivity index is 2.70. The van der Waals surface area contributed by atoms with E-state index in [-0.39, 0.29) is 18.3 Å². The van der Waals surface area contributed by atoms with Crippen LogP contribution in [-0.2, 0) is 16.8 Å². The Kier molecular flexibility index (Phi) is 4.33. The second kappa shape index (κ2) is 5.35. The highest BCUT2D eigenvalue weighted by molar-refractivity contribution is 7.87. The van der Waals surface area contributed by atoms with Crippen molar-refractivity contribution in [3.8, 4) is 5.75 Å². The van der Waals surface area contributed by atoms with Crippen LogP contribution < -0.4 is 15.2 Å². The van der Waals surface area contributed by atoms with E-state index in [2.05, 4.69) is 9.44 Å². The van der Waals surface area contributed by atoms with Crippen LogP contribution in [0.5, 0.6) is 5.75 Å². The summed E-state index contributed by atoms with van der Waals surface area (Å²) in [7, 11) is -3.56. The summed E-state index contributed by atoms with van der Waals surface area (Å²) < 4.78 is 27.6. The minimum Gasteiger partial charge on any atom is -0.508 e. The van der Waals surface area contributed by atoms with E-state index in [1.54, 1.807) is 19.9 Å². The number of nitrogens with two attached hydrogens (primary N) is 1. The molecule has 1 rings (SSSR count). The zero-order valence-electron chi connectivity index (χ0n) is 9.77. The number of nitrogens with one attached hydrogen (secondary N) is 2. The fraction of sp³-hybridized carbons (Fsp3) is 0.400. The summed E-state index contributed by atoms with van der Waals surface area (Å²) in [6.45, 7) is 3.42. The third kappa shape index (κ3) is 4.59. The molecule has 7 heteroatoms. The molecule has 0 bridgehead atoms. The minimum absolute atomic E-state index is 0.00597. The standard InChI is InChI=1S/C10H17N3O3S/c1-7(2)13-17(15,16)12-6-8-5-9(11)3-4-10(8)14/h3-5,7,12-14H,6,11H2,1-2H3. The quantitative estimate of drug-likeness (QED) is 0.451. The first-order valence-electron chi connectivity index (χ1n) is 5.14. The van der Waals surface area contributed by atoms with Crippen molar-refractivity contribution in [2.24, 2.45) is 0 Å². The van der Waals surface area contributed by atoms with Crippen LogP contribution in [0, 0.1) is 0 Å². The van der Waals surface area contributed by atoms with Gasteiger partial charge in [0.2, 0.25) is 0 Å². The molecule has 17 heavy (non-hydrogen) atoms. The van der Waals surface area contributed by atoms with Crippen LogP contribution in [0.25, 0.3) is 0 Å². The molecule has 0 amide bonds. The summed E-state index contributed by atoms with van der Waals surface area (Å²) in [6, 6.07) is 4.30. The summed E-state index contributed by atoms with van der Waals surface area (Å²) >= 11 is 0. The first-order chi connectivity index (χ1) is 7.80. The van der Waals surface area contributed by atoms with Gasteiger partial charge in [0.15, 0.2) is 0 Å². The van der Waals surface area contributed by atoms with Crippen molar-refractivity contribution in [1.29, 1.82) is 0 Å². The Morgan fingerprint density at radius 3 is 2.65 bits per heavy atom. The molecule has 0 aliphatic carbocycles. The number of benzene rings is 1. The molecule has 0 saturated carbocycles. The van der Waals surface area contributed by atoms with Gasteiger partial charge in [0.05, 0.1) is 0 Å². The molecule has 6 nitrogen and oxygen atoms in total. The third-order valence-electron chi connectivity index (χ3n) is 1.95. The molecule has 96 valence electrons. The molecule has 0 spiro atoms. The van der Waals surface area contributed by atoms with Crippen molar-refractivity contribution in [3.05, 3.63) is 23.8 Å². The molecule has 0 aliphatic rings. The average molecular weight is 259 g/mol. The van der Waals surface area contributed by atoms with Crippen LogP contribution in [0.1, 0.15) is 19.4 Å². The fourth-order valence-corrected chi connectivity index (χ4v) is 2.32. The predicted molar refractivity (Wildman–Crippen MR) is 66.6 cm³/mol. The maximum absolute atomic E-state index is 11.5. The van der Waals surface area contributed by atoms with Crippen molar-refractivity contribution in [2.45, 2.75) is 26.4 Å². The van der Waals surface area contributed by atoms with E-state index >= 15 is 0 Å². The number of anilines is 1. The van der Waals surface area contributed by atoms with E-state index < -0.39 is 10.2 Å². The molecule has 0 aromatic heterocycles. The van der Waals surface area contributed by atoms with E-state index in [4.69, 9.17) is 5.73 Å². The van der Waals surface area contributed by atoms with Crippen molar-refractivity contribution in [3.63, 3.8) is 0 Å². The summed E-state index contributed by atoms with van der Waals surface area (Å²) in [5, 5.41) is 9.50. The van der Waals surface area contributed by atoms with Gasteiger partial charge in [0, 0.05) is 23.8 Å². The molecule has 0 fully saturated rings. The lowest BCUT2D eigenvalue weighted by molar-refractivity contribution is 0.467. The largest absolute Gasteiger partial charge is 0.508 e. The number of phenols is 1. The highest BCUT2D eigenvalue weighted by Gasteiger charge is 2.12. The Bertz CT molecular complexity index is 486. The monoisotopic (exact) mass is 259 g/mol. The lowest BCUT2D eigenvalue weighted by Crippen LogP contribution is -2.39. The van der Waals surface area contributed by atoms with Crippen LogP contribution >= 0.6 is 0 Å². The SMILES string of the molecule is CC(C)NS(=O)(=O)NCc1cc(N)ccc1O. The van der Waals surface area contributed by atoms with Gasteiger partial charge in [-0.05, 0) is 32.0 Å². The molecular weight excluding hydrogens is 242 g/mol. The number of phenolic OH excluding ortho intramolecular Hbond substituents is 1. The molecule has 1 aromatic rings. The minimum atomic E-state index is -3.56. The Hall–Kier alpha value is -1.31. The molecule has 0 heterocycles. The van der Waals surface area contributed by atoms with E-state index in [9.17, 15) is 13.5 Å². The van der Waals surface area contributed by atoms with Crippen LogP contribution in [0.15, 0.2) is 18.2 Å². The summed E-state index contributed by atoms with van der Waals surface area (Å²) in [4.78, 5) is 0. The molecule has 0 atom stereocenters. The Labute approximate surface area is 101 Å². The molecule has 0 unspecified atom stereocenters. The van der Waals surface area contributed by atoms with Crippen molar-refractivity contribution in [2.75, 3.05) is 5.73 Å². The normalized spacial score (nSPS) is 11.9. The first-order valence-corrected chi connectivity index (χ1v) is 6.63. The number of rotatable bonds is 5. The summed E-state index contributed by atoms with van der Waals surface area (Å²) in [5.41, 5.74) is 6.44. The maximum atomic E-state index is 11.5. The highest BCUT2D eigenvalue weighted by Crippen LogP contribution is 2.19. The van der Waals surface area contributed by atoms with Crippen LogP contribution in [0.4, 0.5) is 5.69 Å². The van der Waals surface area contributed by atoms with Gasteiger partial charge in [0.1, 0.15) is 5.75 Å². The molecule has 0 aliphatic heterocycles. The lowest BCUT2D eigenvalue weighted by atomic mass is 10.2. The molecular formula is C10H17N3O3S. The number of hydrogen-bond donors (Lipinski definition) is 4. The topological polar surface area (TPSA) is 104 Å². The lowest BCUT2D eigenvalue weighted by Gasteiger charge is -2.11. The van der Waals surface area contributed by atoms with Gasteiger partial charge < -0.3 is 10.8 Å². The van der Waals surface area contributed by atoms with E-state index in [1.807, 2.05) is 0 Å². The van der Waals surface area contributed by atoms with Crippen molar-refractivity contribution >= 4 is 15.9 Å². The first kappa shape index (κ1) is 13.8. The van der Waals surface area contributed by atoms with Crippen LogP contribution in [0.3, 0.4) is 0 Å². The van der Waals surface area contributed by atoms with Gasteiger partial charge in [-0.25, -0.2) is 0 Å². The average Bonchev–Trinajstić information content (AvgIpc) is 2.17. The second-order valence-corrected chi connectivity index (χ2v) is 5.52. The predicted octanol–water partition coefficient (Wildman–Crippen LogP) is 0.307. The van der Waals surface area contributed by atoms with Crippen LogP contribution in [0.2, 0.25) is 0 Å². The maximum Gasteiger partial charge on any atom is 0.277 e. The number of nitrogen functional groups attached to an aromatic ring is 1. The van der Waals surface area contributed by atoms with Crippen molar-refractivity contribution in [1.82, 2.24) is 9.44 Å². The van der Waals surface area contributed by atoms with E-state index in [0.717, 1.165) is 0 Å². The number of hydrogen-bond acceptors (Lipinski definition) is 4. The molecule has 5 N–H and O–H groups in total. The second-order valence-electron chi connectivity index (χ2n) is 3.99. The molecule has 1 aromatic carbocycles. The smallest absolute Gasteiger partial charge is 0.277 e. The van der Waals surface area contributed by atoms with Gasteiger partial charge >= 0.3 is 0 Å². The zero-order chi connectivity index (χ0) is 13.1. The van der Waals surface area contributed by atoms with Gasteiger partial charge in [-0.15, -0.1) is 0 Å². The Morgan fingerprint density at radius 2 is 2.06 bits per heavy atom. The molecule has 0 radical (unpaired) electrons. The Morgan fingerprint density at radius 1 is 1.41 bits per heavy atom. The fourth-order valence-electron chi connectivity index (χ4n) is 1.27. The van der Waals surface area contributed by atoms with Gasteiger partial charge in [-0.2, -0.15) is 17.9 Å². The van der Waals surface area contributed by atoms with Gasteiger partial charge in [-0.1, -0.05) is 0 Å². The number of aromatic hydroxyl groups is 1. The van der Waals surface area contributed by atoms with E-state index in [0.29, 0.717) is 11.3 Å². The van der Waals surface area contributed by atoms with Gasteiger partial charge in [0.25, 0.3) is 10.2 Å².